The van der Waals surface area contributed by atoms with Crippen molar-refractivity contribution in [3.63, 3.8) is 0 Å². The highest BCUT2D eigenvalue weighted by Crippen LogP contribution is 2.21. The van der Waals surface area contributed by atoms with Gasteiger partial charge in [-0.2, -0.15) is 0 Å². The number of H-pyrrole nitrogens is 2. The first kappa shape index (κ1) is 15.5. The fourth-order valence-electron chi connectivity index (χ4n) is 2.26. The number of nitrogens with one attached hydrogen (secondary N) is 2. The molecule has 2 heterocycles. The van der Waals surface area contributed by atoms with Crippen LogP contribution in [0.4, 0.5) is 0 Å². The summed E-state index contributed by atoms with van der Waals surface area (Å²) in [4.78, 5) is 31.1. The number of Topliss-reactive ketones (excluding diaryl/α,β-unsaturated/α-hetero) is 2. The average molecular weight is 306 g/mol. The van der Waals surface area contributed by atoms with Crippen LogP contribution >= 0.6 is 11.8 Å². The molecule has 0 aliphatic rings. The molecule has 0 fully saturated rings. The Labute approximate surface area is 127 Å². The number of aromatic nitrogens is 4. The van der Waals surface area contributed by atoms with Gasteiger partial charge in [0, 0.05) is 17.7 Å². The summed E-state index contributed by atoms with van der Waals surface area (Å²) in [6.07, 6.45) is 0.776. The lowest BCUT2D eigenvalue weighted by atomic mass is 10.1. The lowest BCUT2D eigenvalue weighted by Crippen LogP contribution is -2.05. The molecule has 6 nitrogen and oxygen atoms in total. The van der Waals surface area contributed by atoms with Gasteiger partial charge in [0.2, 0.25) is 5.16 Å². The number of carbonyl (C=O) groups excluding carboxylic acids is 2. The lowest BCUT2D eigenvalue weighted by molar-refractivity contribution is 0.101. The van der Waals surface area contributed by atoms with Gasteiger partial charge < -0.3 is 4.98 Å². The van der Waals surface area contributed by atoms with Crippen LogP contribution in [-0.2, 0) is 6.42 Å². The average Bonchev–Trinajstić information content (AvgIpc) is 3.00. The highest BCUT2D eigenvalue weighted by Gasteiger charge is 2.20. The molecule has 2 N–H and O–H groups in total. The van der Waals surface area contributed by atoms with Crippen LogP contribution in [0.15, 0.2) is 5.16 Å². The Hall–Kier alpha value is -1.89. The highest BCUT2D eigenvalue weighted by molar-refractivity contribution is 7.99. The quantitative estimate of drug-likeness (QED) is 0.632. The fourth-order valence-corrected chi connectivity index (χ4v) is 2.95. The van der Waals surface area contributed by atoms with Crippen LogP contribution < -0.4 is 0 Å². The normalized spacial score (nSPS) is 10.9. The Bertz CT molecular complexity index is 687. The van der Waals surface area contributed by atoms with E-state index in [9.17, 15) is 9.59 Å². The molecule has 2 aromatic rings. The minimum Gasteiger partial charge on any atom is -0.355 e. The Morgan fingerprint density at radius 1 is 1.29 bits per heavy atom. The third-order valence-electron chi connectivity index (χ3n) is 3.25. The Morgan fingerprint density at radius 3 is 2.52 bits per heavy atom. The van der Waals surface area contributed by atoms with E-state index in [2.05, 4.69) is 20.2 Å². The van der Waals surface area contributed by atoms with E-state index >= 15 is 0 Å². The van der Waals surface area contributed by atoms with Gasteiger partial charge in [-0.15, -0.1) is 5.10 Å². The number of hydrogen-bond donors (Lipinski definition) is 2. The first-order valence-electron chi connectivity index (χ1n) is 6.71. The molecule has 2 rings (SSSR count). The molecule has 112 valence electrons. The van der Waals surface area contributed by atoms with Crippen LogP contribution in [0.3, 0.4) is 0 Å². The second-order valence-corrected chi connectivity index (χ2v) is 5.75. The summed E-state index contributed by atoms with van der Waals surface area (Å²) in [6.45, 7) is 7.08. The summed E-state index contributed by atoms with van der Waals surface area (Å²) in [5.74, 6) is 0.945. The van der Waals surface area contributed by atoms with Gasteiger partial charge in [0.1, 0.15) is 5.82 Å². The number of hydrogen-bond acceptors (Lipinski definition) is 5. The molecular weight excluding hydrogens is 288 g/mol. The molecule has 0 saturated carbocycles. The Morgan fingerprint density at radius 2 is 2.00 bits per heavy atom. The van der Waals surface area contributed by atoms with E-state index in [4.69, 9.17) is 0 Å². The molecule has 0 aliphatic heterocycles. The van der Waals surface area contributed by atoms with Gasteiger partial charge in [0.15, 0.2) is 11.6 Å². The zero-order chi connectivity index (χ0) is 15.6. The van der Waals surface area contributed by atoms with Crippen molar-refractivity contribution in [2.75, 3.05) is 5.75 Å². The summed E-state index contributed by atoms with van der Waals surface area (Å²) < 4.78 is 0. The maximum Gasteiger partial charge on any atom is 0.208 e. The maximum atomic E-state index is 12.3. The third kappa shape index (κ3) is 3.24. The number of aromatic amines is 2. The van der Waals surface area contributed by atoms with E-state index in [-0.39, 0.29) is 17.3 Å². The van der Waals surface area contributed by atoms with E-state index in [0.29, 0.717) is 16.4 Å². The topological polar surface area (TPSA) is 91.5 Å². The molecule has 0 aromatic carbocycles. The molecule has 0 amide bonds. The summed E-state index contributed by atoms with van der Waals surface area (Å²) in [6, 6.07) is 0. The minimum atomic E-state index is -0.0593. The van der Waals surface area contributed by atoms with Crippen molar-refractivity contribution in [2.45, 2.75) is 39.3 Å². The molecule has 21 heavy (non-hydrogen) atoms. The van der Waals surface area contributed by atoms with Crippen LogP contribution in [0.2, 0.25) is 0 Å². The van der Waals surface area contributed by atoms with E-state index in [1.807, 2.05) is 6.92 Å². The highest BCUT2D eigenvalue weighted by atomic mass is 32.2. The van der Waals surface area contributed by atoms with Crippen LogP contribution in [0.1, 0.15) is 51.8 Å². The predicted molar refractivity (Wildman–Crippen MR) is 81.1 cm³/mol. The second-order valence-electron chi connectivity index (χ2n) is 4.81. The number of rotatable bonds is 6. The first-order valence-corrected chi connectivity index (χ1v) is 7.70. The van der Waals surface area contributed by atoms with Crippen LogP contribution in [-0.4, -0.2) is 37.5 Å². The third-order valence-corrected chi connectivity index (χ3v) is 4.09. The number of ketones is 2. The molecule has 0 atom stereocenters. The van der Waals surface area contributed by atoms with Crippen LogP contribution in [0, 0.1) is 13.8 Å². The van der Waals surface area contributed by atoms with Gasteiger partial charge in [-0.3, -0.25) is 14.7 Å². The second kappa shape index (κ2) is 6.26. The standard InChI is InChI=1S/C14H18N4O2S/c1-5-11-16-14(18-17-11)21-6-10(20)13-7(2)12(9(4)19)8(3)15-13/h15H,5-6H2,1-4H3,(H,16,17,18). The molecule has 2 aromatic heterocycles. The van der Waals surface area contributed by atoms with Crippen molar-refractivity contribution < 1.29 is 9.59 Å². The monoisotopic (exact) mass is 306 g/mol. The molecule has 0 unspecified atom stereocenters. The predicted octanol–water partition coefficient (Wildman–Crippen LogP) is 2.49. The number of aryl methyl sites for hydroxylation is 2. The van der Waals surface area contributed by atoms with Crippen LogP contribution in [0.25, 0.3) is 0 Å². The van der Waals surface area contributed by atoms with E-state index in [1.54, 1.807) is 13.8 Å². The zero-order valence-electron chi connectivity index (χ0n) is 12.5. The largest absolute Gasteiger partial charge is 0.355 e. The molecule has 0 spiro atoms. The number of thioether (sulfide) groups is 1. The van der Waals surface area contributed by atoms with Crippen molar-refractivity contribution >= 4 is 23.3 Å². The van der Waals surface area contributed by atoms with Crippen molar-refractivity contribution in [2.24, 2.45) is 0 Å². The Balaban J connectivity index is 2.10. The summed E-state index contributed by atoms with van der Waals surface area (Å²) in [5, 5.41) is 7.41. The van der Waals surface area contributed by atoms with Crippen molar-refractivity contribution in [3.8, 4) is 0 Å². The molecular formula is C14H18N4O2S. The van der Waals surface area contributed by atoms with Gasteiger partial charge in [-0.1, -0.05) is 18.7 Å². The van der Waals surface area contributed by atoms with Crippen LogP contribution in [0.5, 0.6) is 0 Å². The minimum absolute atomic E-state index is 0.0329. The number of carbonyl (C=O) groups is 2. The fraction of sp³-hybridized carbons (Fsp3) is 0.429. The first-order chi connectivity index (χ1) is 9.93. The van der Waals surface area contributed by atoms with Crippen molar-refractivity contribution in [1.29, 1.82) is 0 Å². The zero-order valence-corrected chi connectivity index (χ0v) is 13.3. The molecule has 0 radical (unpaired) electrons. The van der Waals surface area contributed by atoms with Gasteiger partial charge in [0.05, 0.1) is 11.4 Å². The Kier molecular flexibility index (Phi) is 4.62. The maximum absolute atomic E-state index is 12.3. The number of nitrogens with zero attached hydrogens (tertiary/aromatic N) is 2. The van der Waals surface area contributed by atoms with Gasteiger partial charge in [0.25, 0.3) is 0 Å². The summed E-state index contributed by atoms with van der Waals surface area (Å²) in [7, 11) is 0. The summed E-state index contributed by atoms with van der Waals surface area (Å²) in [5.41, 5.74) is 2.56. The van der Waals surface area contributed by atoms with Crippen molar-refractivity contribution in [3.05, 3.63) is 28.3 Å². The smallest absolute Gasteiger partial charge is 0.208 e. The van der Waals surface area contributed by atoms with Crippen molar-refractivity contribution in [1.82, 2.24) is 20.2 Å². The SMILES string of the molecule is CCc1nc(SCC(=O)c2[nH]c(C)c(C(C)=O)c2C)n[nH]1. The van der Waals surface area contributed by atoms with Gasteiger partial charge >= 0.3 is 0 Å². The van der Waals surface area contributed by atoms with Gasteiger partial charge in [-0.25, -0.2) is 4.98 Å². The lowest BCUT2D eigenvalue weighted by Gasteiger charge is -1.99. The van der Waals surface area contributed by atoms with E-state index in [0.717, 1.165) is 23.5 Å². The molecule has 0 bridgehead atoms. The van der Waals surface area contributed by atoms with Gasteiger partial charge in [-0.05, 0) is 26.3 Å². The molecule has 7 heteroatoms. The molecule has 0 saturated heterocycles. The molecule has 0 aliphatic carbocycles. The van der Waals surface area contributed by atoms with E-state index in [1.165, 1.54) is 18.7 Å². The summed E-state index contributed by atoms with van der Waals surface area (Å²) >= 11 is 1.28. The van der Waals surface area contributed by atoms with E-state index < -0.39 is 0 Å².